The second-order valence-electron chi connectivity index (χ2n) is 11.3. The summed E-state index contributed by atoms with van der Waals surface area (Å²) in [5.41, 5.74) is 2.02. The summed E-state index contributed by atoms with van der Waals surface area (Å²) >= 11 is 6.62. The maximum absolute atomic E-state index is 14.7. The topological polar surface area (TPSA) is 106 Å². The summed E-state index contributed by atoms with van der Waals surface area (Å²) in [7, 11) is 0. The number of nitrogens with zero attached hydrogens (tertiary/aromatic N) is 4. The molecule has 2 aromatic carbocycles. The molecule has 228 valence electrons. The molecule has 0 radical (unpaired) electrons. The molecule has 2 heterocycles. The van der Waals surface area contributed by atoms with Gasteiger partial charge in [-0.1, -0.05) is 49.4 Å². The highest BCUT2D eigenvalue weighted by atomic mass is 35.5. The van der Waals surface area contributed by atoms with Crippen LogP contribution in [0.1, 0.15) is 74.6 Å². The van der Waals surface area contributed by atoms with Crippen molar-refractivity contribution in [2.75, 3.05) is 9.80 Å². The average Bonchev–Trinajstić information content (AvgIpc) is 3.76. The van der Waals surface area contributed by atoms with Crippen LogP contribution in [0.25, 0.3) is 0 Å². The number of pyridine rings is 1. The van der Waals surface area contributed by atoms with Crippen molar-refractivity contribution in [3.05, 3.63) is 88.6 Å². The number of hydrogen-bond acceptors (Lipinski definition) is 5. The predicted molar refractivity (Wildman–Crippen MR) is 162 cm³/mol. The first-order valence-corrected chi connectivity index (χ1v) is 14.6. The van der Waals surface area contributed by atoms with Crippen LogP contribution in [-0.4, -0.2) is 40.7 Å². The maximum atomic E-state index is 14.7. The van der Waals surface area contributed by atoms with Gasteiger partial charge in [-0.3, -0.25) is 24.2 Å². The van der Waals surface area contributed by atoms with Crippen molar-refractivity contribution >= 4 is 40.8 Å². The lowest BCUT2D eigenvalue weighted by molar-refractivity contribution is -0.133. The molecular weight excluding hydrogens is 588 g/mol. The van der Waals surface area contributed by atoms with Crippen molar-refractivity contribution in [3.8, 4) is 6.07 Å². The fourth-order valence-electron chi connectivity index (χ4n) is 5.87. The van der Waals surface area contributed by atoms with Crippen LogP contribution in [0.3, 0.4) is 0 Å². The van der Waals surface area contributed by atoms with Gasteiger partial charge in [0.05, 0.1) is 11.6 Å². The molecule has 1 N–H and O–H groups in total. The quantitative estimate of drug-likeness (QED) is 0.318. The van der Waals surface area contributed by atoms with Gasteiger partial charge in [0.2, 0.25) is 11.8 Å². The fourth-order valence-corrected chi connectivity index (χ4v) is 6.11. The summed E-state index contributed by atoms with van der Waals surface area (Å²) in [5.74, 6) is -3.92. The number of hydrogen-bond donors (Lipinski definition) is 1. The molecule has 6 rings (SSSR count). The van der Waals surface area contributed by atoms with Crippen LogP contribution in [0.4, 0.5) is 20.3 Å². The van der Waals surface area contributed by atoms with Crippen molar-refractivity contribution in [2.45, 2.75) is 75.9 Å². The molecule has 1 aliphatic heterocycles. The number of aromatic nitrogens is 1. The van der Waals surface area contributed by atoms with Crippen molar-refractivity contribution in [1.82, 2.24) is 10.3 Å². The van der Waals surface area contributed by atoms with Gasteiger partial charge < -0.3 is 5.32 Å². The third kappa shape index (κ3) is 6.15. The Hall–Kier alpha value is -4.36. The standard InChI is InChI=1S/C32H28ClF2N5O3.CH4/c33-25-7-2-1-6-24(25)29(30(42)38-22-16-32(34,35)17-22)39(23-5-3-4-21(15-23)20-8-9-20)31(43)26-10-11-28(41)40(26)27-14-19(18-36)12-13-37-27;/h1-7,12-15,20,22,26,29H,8-11,16-17H2,(H,38,42);1H4/t26-,29-;/m0./s1. The molecular formula is C33H32ClF2N5O3. The first-order chi connectivity index (χ1) is 20.6. The van der Waals surface area contributed by atoms with E-state index in [1.54, 1.807) is 30.3 Å². The zero-order valence-corrected chi connectivity index (χ0v) is 23.8. The van der Waals surface area contributed by atoms with Gasteiger partial charge in [0.15, 0.2) is 0 Å². The Morgan fingerprint density at radius 2 is 1.84 bits per heavy atom. The van der Waals surface area contributed by atoms with E-state index in [4.69, 9.17) is 11.6 Å². The van der Waals surface area contributed by atoms with Gasteiger partial charge in [-0.15, -0.1) is 0 Å². The minimum atomic E-state index is -2.86. The summed E-state index contributed by atoms with van der Waals surface area (Å²) in [6.07, 6.45) is 2.63. The van der Waals surface area contributed by atoms with E-state index in [0.29, 0.717) is 17.2 Å². The molecule has 2 saturated carbocycles. The molecule has 3 aromatic rings. The molecule has 3 aliphatic rings. The van der Waals surface area contributed by atoms with E-state index < -0.39 is 48.7 Å². The van der Waals surface area contributed by atoms with Crippen LogP contribution in [0.2, 0.25) is 5.02 Å². The average molecular weight is 620 g/mol. The van der Waals surface area contributed by atoms with Gasteiger partial charge in [-0.05, 0) is 61.1 Å². The third-order valence-electron chi connectivity index (χ3n) is 8.20. The number of halogens is 3. The number of carbonyl (C=O) groups is 3. The van der Waals surface area contributed by atoms with E-state index in [1.807, 2.05) is 24.3 Å². The van der Waals surface area contributed by atoms with Crippen LogP contribution in [-0.2, 0) is 14.4 Å². The molecule has 2 aliphatic carbocycles. The van der Waals surface area contributed by atoms with Gasteiger partial charge in [0, 0.05) is 47.8 Å². The monoisotopic (exact) mass is 619 g/mol. The second-order valence-corrected chi connectivity index (χ2v) is 11.7. The SMILES string of the molecule is C.N#Cc1ccnc(N2C(=O)CC[C@H]2C(=O)N(c2cccc(C3CC3)c2)[C@H](C(=O)NC2CC(F)(F)C2)c2ccccc2Cl)c1. The smallest absolute Gasteiger partial charge is 0.252 e. The lowest BCUT2D eigenvalue weighted by Crippen LogP contribution is -2.56. The Kier molecular flexibility index (Phi) is 8.71. The molecule has 44 heavy (non-hydrogen) atoms. The Balaban J connectivity index is 0.00000384. The zero-order chi connectivity index (χ0) is 30.3. The van der Waals surface area contributed by atoms with E-state index in [9.17, 15) is 28.4 Å². The van der Waals surface area contributed by atoms with Crippen LogP contribution in [0, 0.1) is 11.3 Å². The third-order valence-corrected chi connectivity index (χ3v) is 8.54. The lowest BCUT2D eigenvalue weighted by atomic mass is 9.87. The summed E-state index contributed by atoms with van der Waals surface area (Å²) in [4.78, 5) is 48.8. The number of anilines is 2. The van der Waals surface area contributed by atoms with E-state index in [0.717, 1.165) is 18.4 Å². The van der Waals surface area contributed by atoms with Gasteiger partial charge in [-0.2, -0.15) is 5.26 Å². The molecule has 1 aromatic heterocycles. The fraction of sp³-hybridized carbons (Fsp3) is 0.364. The Bertz CT molecular complexity index is 1630. The van der Waals surface area contributed by atoms with Crippen LogP contribution in [0.15, 0.2) is 66.9 Å². The largest absolute Gasteiger partial charge is 0.351 e. The number of alkyl halides is 2. The lowest BCUT2D eigenvalue weighted by Gasteiger charge is -2.39. The first kappa shape index (κ1) is 31.1. The van der Waals surface area contributed by atoms with Crippen molar-refractivity contribution < 1.29 is 23.2 Å². The first-order valence-electron chi connectivity index (χ1n) is 14.2. The maximum Gasteiger partial charge on any atom is 0.252 e. The molecule has 3 amide bonds. The molecule has 0 spiro atoms. The Labute approximate surface area is 259 Å². The van der Waals surface area contributed by atoms with E-state index >= 15 is 0 Å². The van der Waals surface area contributed by atoms with Gasteiger partial charge >= 0.3 is 0 Å². The number of carbonyl (C=O) groups excluding carboxylic acids is 3. The Morgan fingerprint density at radius 1 is 1.09 bits per heavy atom. The zero-order valence-electron chi connectivity index (χ0n) is 23.1. The molecule has 0 unspecified atom stereocenters. The van der Waals surface area contributed by atoms with Crippen molar-refractivity contribution in [1.29, 1.82) is 5.26 Å². The van der Waals surface area contributed by atoms with Crippen LogP contribution < -0.4 is 15.1 Å². The predicted octanol–water partition coefficient (Wildman–Crippen LogP) is 6.30. The molecule has 2 atom stereocenters. The minimum absolute atomic E-state index is 0. The van der Waals surface area contributed by atoms with Crippen LogP contribution >= 0.6 is 11.6 Å². The number of nitriles is 1. The summed E-state index contributed by atoms with van der Waals surface area (Å²) in [5, 5.41) is 12.3. The van der Waals surface area contributed by atoms with Crippen molar-refractivity contribution in [2.24, 2.45) is 0 Å². The number of amides is 3. The second kappa shape index (κ2) is 12.3. The normalized spacial score (nSPS) is 19.7. The van der Waals surface area contributed by atoms with Crippen molar-refractivity contribution in [3.63, 3.8) is 0 Å². The molecule has 11 heteroatoms. The molecule has 1 saturated heterocycles. The molecule has 0 bridgehead atoms. The van der Waals surface area contributed by atoms with Gasteiger partial charge in [-0.25, -0.2) is 13.8 Å². The number of benzene rings is 2. The molecule has 3 fully saturated rings. The summed E-state index contributed by atoms with van der Waals surface area (Å²) < 4.78 is 27.4. The van der Waals surface area contributed by atoms with E-state index in [-0.39, 0.29) is 42.6 Å². The number of rotatable bonds is 8. The highest BCUT2D eigenvalue weighted by Gasteiger charge is 2.48. The summed E-state index contributed by atoms with van der Waals surface area (Å²) in [6.45, 7) is 0. The summed E-state index contributed by atoms with van der Waals surface area (Å²) in [6, 6.07) is 15.8. The van der Waals surface area contributed by atoms with E-state index in [1.165, 1.54) is 28.1 Å². The van der Waals surface area contributed by atoms with Crippen LogP contribution in [0.5, 0.6) is 0 Å². The highest BCUT2D eigenvalue weighted by molar-refractivity contribution is 6.31. The van der Waals surface area contributed by atoms with E-state index in [2.05, 4.69) is 10.3 Å². The van der Waals surface area contributed by atoms with Gasteiger partial charge in [0.25, 0.3) is 11.8 Å². The Morgan fingerprint density at radius 3 is 2.52 bits per heavy atom. The minimum Gasteiger partial charge on any atom is -0.351 e. The number of nitrogens with one attached hydrogen (secondary N) is 1. The highest BCUT2D eigenvalue weighted by Crippen LogP contribution is 2.43. The van der Waals surface area contributed by atoms with Gasteiger partial charge in [0.1, 0.15) is 17.9 Å². The molecule has 8 nitrogen and oxygen atoms in total.